The molecule has 1 aliphatic rings. The van der Waals surface area contributed by atoms with Gasteiger partial charge in [0.15, 0.2) is 0 Å². The molecule has 4 nitrogen and oxygen atoms in total. The summed E-state index contributed by atoms with van der Waals surface area (Å²) in [5, 5.41) is 6.14. The van der Waals surface area contributed by atoms with Crippen molar-refractivity contribution in [1.29, 1.82) is 0 Å². The lowest BCUT2D eigenvalue weighted by Crippen LogP contribution is -2.32. The summed E-state index contributed by atoms with van der Waals surface area (Å²) in [6.45, 7) is 7.38. The fraction of sp³-hybridized carbons (Fsp3) is 0.647. The minimum atomic E-state index is 0.0122. The Morgan fingerprint density at radius 3 is 2.62 bits per heavy atom. The molecule has 1 saturated carbocycles. The first-order valence-electron chi connectivity index (χ1n) is 7.97. The van der Waals surface area contributed by atoms with Gasteiger partial charge in [-0.15, -0.1) is 0 Å². The Kier molecular flexibility index (Phi) is 4.86. The summed E-state index contributed by atoms with van der Waals surface area (Å²) in [6.07, 6.45) is 4.37. The number of hydrogen-bond acceptors (Lipinski definition) is 3. The molecule has 2 rings (SSSR count). The monoisotopic (exact) mass is 289 g/mol. The molecular weight excluding hydrogens is 262 g/mol. The second kappa shape index (κ2) is 6.46. The van der Waals surface area contributed by atoms with Crippen LogP contribution in [-0.2, 0) is 6.42 Å². The molecule has 1 fully saturated rings. The van der Waals surface area contributed by atoms with Gasteiger partial charge >= 0.3 is 0 Å². The number of aryl methyl sites for hydroxylation is 1. The number of carbonyl (C=O) groups is 1. The van der Waals surface area contributed by atoms with Crippen LogP contribution in [-0.4, -0.2) is 24.5 Å². The zero-order valence-electron chi connectivity index (χ0n) is 13.6. The third kappa shape index (κ3) is 3.74. The zero-order chi connectivity index (χ0) is 15.5. The van der Waals surface area contributed by atoms with Crippen LogP contribution in [0.25, 0.3) is 0 Å². The van der Waals surface area contributed by atoms with Crippen molar-refractivity contribution in [2.45, 2.75) is 46.5 Å². The highest BCUT2D eigenvalue weighted by atomic mass is 16.1. The third-order valence-electron chi connectivity index (χ3n) is 4.62. The van der Waals surface area contributed by atoms with Crippen LogP contribution in [0, 0.1) is 11.3 Å². The van der Waals surface area contributed by atoms with Gasteiger partial charge in [-0.25, -0.2) is 4.98 Å². The lowest BCUT2D eigenvalue weighted by Gasteiger charge is -2.20. The van der Waals surface area contributed by atoms with Crippen molar-refractivity contribution in [1.82, 2.24) is 10.3 Å². The fourth-order valence-electron chi connectivity index (χ4n) is 2.71. The zero-order valence-corrected chi connectivity index (χ0v) is 13.6. The second-order valence-electron chi connectivity index (χ2n) is 6.43. The highest BCUT2D eigenvalue weighted by molar-refractivity contribution is 5.95. The predicted molar refractivity (Wildman–Crippen MR) is 86.6 cm³/mol. The molecule has 0 unspecified atom stereocenters. The van der Waals surface area contributed by atoms with E-state index in [0.717, 1.165) is 30.9 Å². The van der Waals surface area contributed by atoms with Gasteiger partial charge in [0.25, 0.3) is 5.91 Å². The molecule has 0 aliphatic heterocycles. The number of amides is 1. The van der Waals surface area contributed by atoms with Crippen LogP contribution in [0.1, 0.15) is 56.1 Å². The number of nitrogens with one attached hydrogen (secondary N) is 2. The van der Waals surface area contributed by atoms with E-state index < -0.39 is 0 Å². The number of carbonyl (C=O) groups excluding carboxylic acids is 1. The first kappa shape index (κ1) is 15.8. The van der Waals surface area contributed by atoms with Gasteiger partial charge in [0.2, 0.25) is 0 Å². The standard InChI is InChI=1S/C17H27N3O/c1-5-6-14-9-13(10-15(18-4)20-14)16(21)19-11-17(7-8-17)12(2)3/h9-10,12H,5-8,11H2,1-4H3,(H,18,20)(H,19,21). The molecule has 0 aromatic carbocycles. The summed E-state index contributed by atoms with van der Waals surface area (Å²) >= 11 is 0. The van der Waals surface area contributed by atoms with Crippen molar-refractivity contribution in [2.75, 3.05) is 18.9 Å². The van der Waals surface area contributed by atoms with E-state index >= 15 is 0 Å². The fourth-order valence-corrected chi connectivity index (χ4v) is 2.71. The molecular formula is C17H27N3O. The van der Waals surface area contributed by atoms with Gasteiger partial charge in [0.05, 0.1) is 0 Å². The minimum absolute atomic E-state index is 0.0122. The van der Waals surface area contributed by atoms with Gasteiger partial charge in [-0.1, -0.05) is 27.2 Å². The molecule has 0 atom stereocenters. The highest BCUT2D eigenvalue weighted by Crippen LogP contribution is 2.51. The van der Waals surface area contributed by atoms with Crippen LogP contribution in [0.3, 0.4) is 0 Å². The highest BCUT2D eigenvalue weighted by Gasteiger charge is 2.45. The van der Waals surface area contributed by atoms with Crippen molar-refractivity contribution in [3.8, 4) is 0 Å². The number of rotatable bonds is 7. The average molecular weight is 289 g/mol. The van der Waals surface area contributed by atoms with Gasteiger partial charge in [-0.2, -0.15) is 0 Å². The van der Waals surface area contributed by atoms with Crippen LogP contribution in [0.5, 0.6) is 0 Å². The maximum atomic E-state index is 12.4. The summed E-state index contributed by atoms with van der Waals surface area (Å²) in [5.74, 6) is 1.40. The van der Waals surface area contributed by atoms with Crippen LogP contribution in [0.2, 0.25) is 0 Å². The van der Waals surface area contributed by atoms with Crippen LogP contribution in [0.4, 0.5) is 5.82 Å². The molecule has 1 aromatic heterocycles. The summed E-state index contributed by atoms with van der Waals surface area (Å²) < 4.78 is 0. The quantitative estimate of drug-likeness (QED) is 0.810. The maximum absolute atomic E-state index is 12.4. The molecule has 1 amide bonds. The van der Waals surface area contributed by atoms with Crippen LogP contribution >= 0.6 is 0 Å². The van der Waals surface area contributed by atoms with E-state index in [2.05, 4.69) is 36.4 Å². The molecule has 1 heterocycles. The summed E-state index contributed by atoms with van der Waals surface area (Å²) in [6, 6.07) is 3.73. The lowest BCUT2D eigenvalue weighted by molar-refractivity contribution is 0.0939. The van der Waals surface area contributed by atoms with Gasteiger partial charge in [0, 0.05) is 24.8 Å². The minimum Gasteiger partial charge on any atom is -0.373 e. The van der Waals surface area contributed by atoms with E-state index in [1.54, 1.807) is 0 Å². The number of aromatic nitrogens is 1. The summed E-state index contributed by atoms with van der Waals surface area (Å²) in [7, 11) is 1.83. The molecule has 1 aromatic rings. The third-order valence-corrected chi connectivity index (χ3v) is 4.62. The smallest absolute Gasteiger partial charge is 0.251 e. The normalized spacial score (nSPS) is 15.9. The first-order valence-corrected chi connectivity index (χ1v) is 7.97. The van der Waals surface area contributed by atoms with E-state index in [0.29, 0.717) is 16.9 Å². The largest absolute Gasteiger partial charge is 0.373 e. The Bertz CT molecular complexity index is 507. The van der Waals surface area contributed by atoms with Gasteiger partial charge < -0.3 is 10.6 Å². The number of pyridine rings is 1. The van der Waals surface area contributed by atoms with Crippen molar-refractivity contribution in [3.63, 3.8) is 0 Å². The van der Waals surface area contributed by atoms with Crippen molar-refractivity contribution >= 4 is 11.7 Å². The van der Waals surface area contributed by atoms with Gasteiger partial charge in [0.1, 0.15) is 5.82 Å². The molecule has 116 valence electrons. The van der Waals surface area contributed by atoms with E-state index in [1.165, 1.54) is 12.8 Å². The average Bonchev–Trinajstić information content (AvgIpc) is 3.26. The lowest BCUT2D eigenvalue weighted by atomic mass is 9.92. The SMILES string of the molecule is CCCc1cc(C(=O)NCC2(C(C)C)CC2)cc(NC)n1. The van der Waals surface area contributed by atoms with E-state index in [4.69, 9.17) is 0 Å². The van der Waals surface area contributed by atoms with Crippen LogP contribution in [0.15, 0.2) is 12.1 Å². The molecule has 4 heteroatoms. The predicted octanol–water partition coefficient (Wildman–Crippen LogP) is 3.24. The molecule has 0 radical (unpaired) electrons. The molecule has 0 bridgehead atoms. The molecule has 0 saturated heterocycles. The Labute approximate surface area is 127 Å². The van der Waals surface area contributed by atoms with Crippen molar-refractivity contribution < 1.29 is 4.79 Å². The molecule has 21 heavy (non-hydrogen) atoms. The van der Waals surface area contributed by atoms with E-state index in [9.17, 15) is 4.79 Å². The number of hydrogen-bond donors (Lipinski definition) is 2. The van der Waals surface area contributed by atoms with Crippen molar-refractivity contribution in [2.24, 2.45) is 11.3 Å². The second-order valence-corrected chi connectivity index (χ2v) is 6.43. The Morgan fingerprint density at radius 1 is 1.38 bits per heavy atom. The summed E-state index contributed by atoms with van der Waals surface area (Å²) in [5.41, 5.74) is 2.01. The first-order chi connectivity index (χ1) is 10.0. The Hall–Kier alpha value is -1.58. The summed E-state index contributed by atoms with van der Waals surface area (Å²) in [4.78, 5) is 16.9. The maximum Gasteiger partial charge on any atom is 0.251 e. The van der Waals surface area contributed by atoms with Gasteiger partial charge in [-0.05, 0) is 42.7 Å². The van der Waals surface area contributed by atoms with E-state index in [-0.39, 0.29) is 5.91 Å². The topological polar surface area (TPSA) is 54.0 Å². The Balaban J connectivity index is 2.06. The van der Waals surface area contributed by atoms with Crippen molar-refractivity contribution in [3.05, 3.63) is 23.4 Å². The molecule has 1 aliphatic carbocycles. The van der Waals surface area contributed by atoms with Crippen LogP contribution < -0.4 is 10.6 Å². The Morgan fingerprint density at radius 2 is 2.10 bits per heavy atom. The molecule has 2 N–H and O–H groups in total. The molecule has 0 spiro atoms. The van der Waals surface area contributed by atoms with Gasteiger partial charge in [-0.3, -0.25) is 4.79 Å². The van der Waals surface area contributed by atoms with E-state index in [1.807, 2.05) is 19.2 Å². The number of anilines is 1. The number of nitrogens with zero attached hydrogens (tertiary/aromatic N) is 1.